The molecule has 1 atom stereocenters. The van der Waals surface area contributed by atoms with E-state index in [1.54, 1.807) is 0 Å². The highest BCUT2D eigenvalue weighted by Gasteiger charge is 2.18. The van der Waals surface area contributed by atoms with Gasteiger partial charge >= 0.3 is 0 Å². The second kappa shape index (κ2) is 8.06. The Morgan fingerprint density at radius 1 is 1.33 bits per heavy atom. The monoisotopic (exact) mass is 279 g/mol. The van der Waals surface area contributed by atoms with Crippen LogP contribution in [0.3, 0.4) is 0 Å². The zero-order valence-corrected chi connectivity index (χ0v) is 12.1. The molecule has 1 heterocycles. The van der Waals surface area contributed by atoms with E-state index < -0.39 is 10.0 Å². The van der Waals surface area contributed by atoms with Crippen molar-refractivity contribution in [3.05, 3.63) is 0 Å². The van der Waals surface area contributed by atoms with Crippen molar-refractivity contribution in [2.75, 3.05) is 52.2 Å². The van der Waals surface area contributed by atoms with Crippen LogP contribution in [0.2, 0.25) is 0 Å². The number of ether oxygens (including phenoxy) is 1. The predicted octanol–water partition coefficient (Wildman–Crippen LogP) is -0.764. The molecule has 2 N–H and O–H groups in total. The molecule has 108 valence electrons. The SMILES string of the molecule is CNCCCS(=O)(=O)NC(C)CN1CCOCC1. The fraction of sp³-hybridized carbons (Fsp3) is 1.00. The maximum atomic E-state index is 11.8. The summed E-state index contributed by atoms with van der Waals surface area (Å²) in [4.78, 5) is 2.23. The number of morpholine rings is 1. The van der Waals surface area contributed by atoms with Crippen LogP contribution in [0, 0.1) is 0 Å². The third-order valence-corrected chi connectivity index (χ3v) is 4.44. The van der Waals surface area contributed by atoms with Gasteiger partial charge in [-0.15, -0.1) is 0 Å². The highest BCUT2D eigenvalue weighted by Crippen LogP contribution is 2.00. The summed E-state index contributed by atoms with van der Waals surface area (Å²) in [5.74, 6) is 0.182. The quantitative estimate of drug-likeness (QED) is 0.571. The summed E-state index contributed by atoms with van der Waals surface area (Å²) in [6, 6.07) is -0.0531. The van der Waals surface area contributed by atoms with E-state index in [-0.39, 0.29) is 11.8 Å². The lowest BCUT2D eigenvalue weighted by Crippen LogP contribution is -2.46. The number of hydrogen-bond acceptors (Lipinski definition) is 5. The van der Waals surface area contributed by atoms with Crippen molar-refractivity contribution in [2.45, 2.75) is 19.4 Å². The van der Waals surface area contributed by atoms with Crippen molar-refractivity contribution in [2.24, 2.45) is 0 Å². The van der Waals surface area contributed by atoms with Crippen molar-refractivity contribution in [3.8, 4) is 0 Å². The number of hydrogen-bond donors (Lipinski definition) is 2. The van der Waals surface area contributed by atoms with E-state index in [2.05, 4.69) is 14.9 Å². The molecule has 1 rings (SSSR count). The molecule has 0 aromatic rings. The largest absolute Gasteiger partial charge is 0.379 e. The van der Waals surface area contributed by atoms with Gasteiger partial charge in [-0.05, 0) is 26.9 Å². The summed E-state index contributed by atoms with van der Waals surface area (Å²) < 4.78 is 31.5. The first-order valence-electron chi connectivity index (χ1n) is 6.48. The van der Waals surface area contributed by atoms with Crippen molar-refractivity contribution in [1.29, 1.82) is 0 Å². The molecule has 0 aliphatic carbocycles. The zero-order chi connectivity index (χ0) is 13.4. The van der Waals surface area contributed by atoms with Crippen LogP contribution in [-0.4, -0.2) is 71.6 Å². The Hall–Kier alpha value is -0.210. The van der Waals surface area contributed by atoms with Crippen molar-refractivity contribution in [1.82, 2.24) is 14.9 Å². The van der Waals surface area contributed by atoms with Crippen LogP contribution < -0.4 is 10.0 Å². The summed E-state index contributed by atoms with van der Waals surface area (Å²) in [6.07, 6.45) is 0.635. The number of sulfonamides is 1. The Morgan fingerprint density at radius 3 is 2.61 bits per heavy atom. The molecule has 1 aliphatic heterocycles. The first kappa shape index (κ1) is 15.8. The maximum absolute atomic E-state index is 11.8. The van der Waals surface area contributed by atoms with Gasteiger partial charge in [-0.2, -0.15) is 0 Å². The molecule has 1 fully saturated rings. The van der Waals surface area contributed by atoms with Crippen molar-refractivity contribution >= 4 is 10.0 Å². The minimum absolute atomic E-state index is 0.0531. The second-order valence-electron chi connectivity index (χ2n) is 4.71. The number of rotatable bonds is 8. The van der Waals surface area contributed by atoms with Gasteiger partial charge < -0.3 is 10.1 Å². The fourth-order valence-corrected chi connectivity index (χ4v) is 3.34. The third-order valence-electron chi connectivity index (χ3n) is 2.86. The van der Waals surface area contributed by atoms with E-state index in [9.17, 15) is 8.42 Å². The number of nitrogens with zero attached hydrogens (tertiary/aromatic N) is 1. The molecule has 7 heteroatoms. The summed E-state index contributed by atoms with van der Waals surface area (Å²) in [6.45, 7) is 6.61. The summed E-state index contributed by atoms with van der Waals surface area (Å²) in [5.41, 5.74) is 0. The van der Waals surface area contributed by atoms with E-state index in [1.807, 2.05) is 14.0 Å². The lowest BCUT2D eigenvalue weighted by molar-refractivity contribution is 0.0354. The van der Waals surface area contributed by atoms with Gasteiger partial charge in [0.15, 0.2) is 0 Å². The standard InChI is InChI=1S/C11H25N3O3S/c1-11(10-14-5-7-17-8-6-14)13-18(15,16)9-3-4-12-2/h11-13H,3-10H2,1-2H3. The van der Waals surface area contributed by atoms with Gasteiger partial charge in [-0.3, -0.25) is 4.90 Å². The van der Waals surface area contributed by atoms with Crippen molar-refractivity contribution < 1.29 is 13.2 Å². The van der Waals surface area contributed by atoms with Crippen LogP contribution in [0.15, 0.2) is 0 Å². The first-order valence-corrected chi connectivity index (χ1v) is 8.13. The Balaban J connectivity index is 2.26. The van der Waals surface area contributed by atoms with E-state index in [1.165, 1.54) is 0 Å². The van der Waals surface area contributed by atoms with E-state index >= 15 is 0 Å². The first-order chi connectivity index (χ1) is 8.53. The molecule has 0 saturated carbocycles. The molecule has 18 heavy (non-hydrogen) atoms. The highest BCUT2D eigenvalue weighted by molar-refractivity contribution is 7.89. The molecule has 1 saturated heterocycles. The zero-order valence-electron chi connectivity index (χ0n) is 11.3. The third kappa shape index (κ3) is 6.65. The summed E-state index contributed by atoms with van der Waals surface area (Å²) in [7, 11) is -1.33. The molecule has 0 amide bonds. The molecule has 0 aromatic heterocycles. The number of nitrogens with one attached hydrogen (secondary N) is 2. The maximum Gasteiger partial charge on any atom is 0.211 e. The van der Waals surface area contributed by atoms with Crippen LogP contribution in [0.1, 0.15) is 13.3 Å². The Bertz CT molecular complexity index is 315. The Morgan fingerprint density at radius 2 is 2.00 bits per heavy atom. The average Bonchev–Trinajstić information content (AvgIpc) is 2.29. The minimum Gasteiger partial charge on any atom is -0.379 e. The van der Waals surface area contributed by atoms with Crippen LogP contribution in [0.25, 0.3) is 0 Å². The van der Waals surface area contributed by atoms with Crippen molar-refractivity contribution in [3.63, 3.8) is 0 Å². The average molecular weight is 279 g/mol. The molecule has 1 aliphatic rings. The Labute approximate surface area is 110 Å². The smallest absolute Gasteiger partial charge is 0.211 e. The normalized spacial score (nSPS) is 19.9. The fourth-order valence-electron chi connectivity index (χ4n) is 2.01. The molecule has 1 unspecified atom stereocenters. The van der Waals surface area contributed by atoms with E-state index in [4.69, 9.17) is 4.74 Å². The minimum atomic E-state index is -3.15. The van der Waals surface area contributed by atoms with Gasteiger partial charge in [0.1, 0.15) is 0 Å². The molecular formula is C11H25N3O3S. The topological polar surface area (TPSA) is 70.7 Å². The second-order valence-corrected chi connectivity index (χ2v) is 6.58. The van der Waals surface area contributed by atoms with Crippen LogP contribution in [-0.2, 0) is 14.8 Å². The summed E-state index contributed by atoms with van der Waals surface area (Å²) >= 11 is 0. The molecule has 0 radical (unpaired) electrons. The highest BCUT2D eigenvalue weighted by atomic mass is 32.2. The van der Waals surface area contributed by atoms with Gasteiger partial charge in [0, 0.05) is 25.7 Å². The molecular weight excluding hydrogens is 254 g/mol. The van der Waals surface area contributed by atoms with E-state index in [0.717, 1.165) is 39.4 Å². The molecule has 6 nitrogen and oxygen atoms in total. The Kier molecular flexibility index (Phi) is 7.10. The lowest BCUT2D eigenvalue weighted by Gasteiger charge is -2.29. The van der Waals surface area contributed by atoms with Gasteiger partial charge in [0.2, 0.25) is 10.0 Å². The predicted molar refractivity (Wildman–Crippen MR) is 72.2 cm³/mol. The van der Waals surface area contributed by atoms with Crippen LogP contribution in [0.5, 0.6) is 0 Å². The molecule has 0 aromatic carbocycles. The lowest BCUT2D eigenvalue weighted by atomic mass is 10.3. The molecule has 0 spiro atoms. The van der Waals surface area contributed by atoms with Gasteiger partial charge in [-0.1, -0.05) is 0 Å². The van der Waals surface area contributed by atoms with Gasteiger partial charge in [0.25, 0.3) is 0 Å². The van der Waals surface area contributed by atoms with Crippen LogP contribution >= 0.6 is 0 Å². The molecule has 0 bridgehead atoms. The van der Waals surface area contributed by atoms with E-state index in [0.29, 0.717) is 6.42 Å². The van der Waals surface area contributed by atoms with Gasteiger partial charge in [-0.25, -0.2) is 13.1 Å². The van der Waals surface area contributed by atoms with Crippen LogP contribution in [0.4, 0.5) is 0 Å². The summed E-state index contributed by atoms with van der Waals surface area (Å²) in [5, 5.41) is 2.94. The van der Waals surface area contributed by atoms with Gasteiger partial charge in [0.05, 0.1) is 19.0 Å².